The van der Waals surface area contributed by atoms with Gasteiger partial charge in [-0.15, -0.1) is 11.8 Å². The van der Waals surface area contributed by atoms with Gasteiger partial charge in [-0.1, -0.05) is 30.3 Å². The van der Waals surface area contributed by atoms with Crippen molar-refractivity contribution < 1.29 is 27.6 Å². The Labute approximate surface area is 198 Å². The van der Waals surface area contributed by atoms with Gasteiger partial charge in [-0.05, 0) is 60.4 Å². The summed E-state index contributed by atoms with van der Waals surface area (Å²) in [6.07, 6.45) is -3.64. The van der Waals surface area contributed by atoms with Crippen LogP contribution in [0.2, 0.25) is 0 Å². The topological polar surface area (TPSA) is 49.9 Å². The van der Waals surface area contributed by atoms with Crippen LogP contribution in [0.1, 0.15) is 17.2 Å². The van der Waals surface area contributed by atoms with Crippen LogP contribution in [-0.4, -0.2) is 24.2 Å². The maximum Gasteiger partial charge on any atom is 0.416 e. The first-order valence-corrected chi connectivity index (χ1v) is 11.7. The van der Waals surface area contributed by atoms with Gasteiger partial charge in [0.15, 0.2) is 6.10 Å². The fraction of sp³-hybridized carbons (Fsp3) is 0.200. The van der Waals surface area contributed by atoms with Crippen LogP contribution in [-0.2, 0) is 20.6 Å². The summed E-state index contributed by atoms with van der Waals surface area (Å²) in [5.41, 5.74) is 0.722. The smallest absolute Gasteiger partial charge is 0.273 e. The molecule has 3 aromatic carbocycles. The Bertz CT molecular complexity index is 1220. The molecule has 2 aliphatic rings. The SMILES string of the molecule is CSc1ccc([C@H]2[C@H]3C(=O)N(c4ccc(C(F)(F)F)cc4)C(=O)[C@H]3ON2c2ccccc2)cc1. The molecule has 2 aliphatic heterocycles. The number of imide groups is 1. The lowest BCUT2D eigenvalue weighted by atomic mass is 9.90. The lowest BCUT2D eigenvalue weighted by molar-refractivity contribution is -0.137. The predicted molar refractivity (Wildman–Crippen MR) is 122 cm³/mol. The van der Waals surface area contributed by atoms with E-state index in [9.17, 15) is 22.8 Å². The average Bonchev–Trinajstić information content (AvgIpc) is 3.35. The standard InChI is InChI=1S/C25H19F3N2O3S/c1-34-19-13-7-15(8-14-19)21-20-22(33-30(21)18-5-3-2-4-6-18)24(32)29(23(20)31)17-11-9-16(10-12-17)25(26,27)28/h2-14,20-22H,1H3/t20-,21+,22+/m1/s1. The number of hydrogen-bond acceptors (Lipinski definition) is 5. The molecule has 2 saturated heterocycles. The third-order valence-electron chi connectivity index (χ3n) is 6.04. The highest BCUT2D eigenvalue weighted by Crippen LogP contribution is 2.47. The van der Waals surface area contributed by atoms with E-state index in [1.165, 1.54) is 0 Å². The van der Waals surface area contributed by atoms with Crippen molar-refractivity contribution in [1.29, 1.82) is 0 Å². The lowest BCUT2D eigenvalue weighted by Gasteiger charge is -2.29. The predicted octanol–water partition coefficient (Wildman–Crippen LogP) is 5.48. The molecule has 174 valence electrons. The largest absolute Gasteiger partial charge is 0.416 e. The van der Waals surface area contributed by atoms with Crippen LogP contribution in [0.15, 0.2) is 83.8 Å². The number of benzene rings is 3. The van der Waals surface area contributed by atoms with Crippen molar-refractivity contribution in [2.75, 3.05) is 16.2 Å². The molecule has 3 aromatic rings. The molecule has 34 heavy (non-hydrogen) atoms. The number of nitrogens with zero attached hydrogens (tertiary/aromatic N) is 2. The highest BCUT2D eigenvalue weighted by molar-refractivity contribution is 7.98. The number of anilines is 2. The van der Waals surface area contributed by atoms with Crippen molar-refractivity contribution in [3.8, 4) is 0 Å². The molecule has 0 saturated carbocycles. The van der Waals surface area contributed by atoms with E-state index in [4.69, 9.17) is 4.84 Å². The van der Waals surface area contributed by atoms with Gasteiger partial charge in [0.1, 0.15) is 5.92 Å². The minimum Gasteiger partial charge on any atom is -0.273 e. The fourth-order valence-electron chi connectivity index (χ4n) is 4.41. The second-order valence-electron chi connectivity index (χ2n) is 7.99. The number of hydrogen-bond donors (Lipinski definition) is 0. The molecule has 3 atom stereocenters. The number of rotatable bonds is 4. The molecule has 0 radical (unpaired) electrons. The molecular formula is C25H19F3N2O3S. The molecule has 5 nitrogen and oxygen atoms in total. The van der Waals surface area contributed by atoms with E-state index >= 15 is 0 Å². The van der Waals surface area contributed by atoms with Crippen LogP contribution in [0.4, 0.5) is 24.5 Å². The molecule has 0 bridgehead atoms. The first-order chi connectivity index (χ1) is 16.3. The molecule has 9 heteroatoms. The number of carbonyl (C=O) groups excluding carboxylic acids is 2. The minimum absolute atomic E-state index is 0.0868. The van der Waals surface area contributed by atoms with Crippen LogP contribution >= 0.6 is 11.8 Å². The van der Waals surface area contributed by atoms with Gasteiger partial charge in [0.25, 0.3) is 5.91 Å². The van der Waals surface area contributed by atoms with Crippen molar-refractivity contribution in [2.24, 2.45) is 5.92 Å². The number of para-hydroxylation sites is 1. The van der Waals surface area contributed by atoms with E-state index < -0.39 is 41.6 Å². The van der Waals surface area contributed by atoms with E-state index in [0.29, 0.717) is 5.69 Å². The fourth-order valence-corrected chi connectivity index (χ4v) is 4.82. The highest BCUT2D eigenvalue weighted by atomic mass is 32.2. The van der Waals surface area contributed by atoms with Gasteiger partial charge < -0.3 is 0 Å². The zero-order chi connectivity index (χ0) is 24.0. The summed E-state index contributed by atoms with van der Waals surface area (Å²) in [4.78, 5) is 34.8. The summed E-state index contributed by atoms with van der Waals surface area (Å²) in [5.74, 6) is -1.96. The van der Waals surface area contributed by atoms with Gasteiger partial charge in [-0.25, -0.2) is 9.96 Å². The number of hydroxylamine groups is 1. The summed E-state index contributed by atoms with van der Waals surface area (Å²) < 4.78 is 38.9. The summed E-state index contributed by atoms with van der Waals surface area (Å²) in [6.45, 7) is 0. The second kappa shape index (κ2) is 8.48. The van der Waals surface area contributed by atoms with Crippen LogP contribution in [0.3, 0.4) is 0 Å². The Balaban J connectivity index is 1.53. The van der Waals surface area contributed by atoms with Crippen LogP contribution in [0.25, 0.3) is 0 Å². The average molecular weight is 484 g/mol. The van der Waals surface area contributed by atoms with E-state index in [2.05, 4.69) is 0 Å². The Kier molecular flexibility index (Phi) is 5.61. The maximum absolute atomic E-state index is 13.5. The Morgan fingerprint density at radius 3 is 2.06 bits per heavy atom. The van der Waals surface area contributed by atoms with E-state index in [-0.39, 0.29) is 5.69 Å². The van der Waals surface area contributed by atoms with Gasteiger partial charge in [0.2, 0.25) is 5.91 Å². The van der Waals surface area contributed by atoms with E-state index in [1.54, 1.807) is 16.8 Å². The summed E-state index contributed by atoms with van der Waals surface area (Å²) in [5, 5.41) is 1.59. The van der Waals surface area contributed by atoms with Gasteiger partial charge in [0, 0.05) is 4.90 Å². The molecule has 0 aromatic heterocycles. The van der Waals surface area contributed by atoms with Gasteiger partial charge in [0.05, 0.1) is 23.0 Å². The lowest BCUT2D eigenvalue weighted by Crippen LogP contribution is -2.37. The van der Waals surface area contributed by atoms with Gasteiger partial charge >= 0.3 is 6.18 Å². The van der Waals surface area contributed by atoms with Crippen LogP contribution < -0.4 is 9.96 Å². The van der Waals surface area contributed by atoms with Crippen molar-refractivity contribution in [3.05, 3.63) is 90.0 Å². The number of fused-ring (bicyclic) bond motifs is 1. The normalized spacial score (nSPS) is 22.4. The molecule has 0 unspecified atom stereocenters. The molecule has 2 heterocycles. The second-order valence-corrected chi connectivity index (χ2v) is 8.87. The molecule has 5 rings (SSSR count). The molecular weight excluding hydrogens is 465 g/mol. The first-order valence-electron chi connectivity index (χ1n) is 10.5. The molecule has 0 N–H and O–H groups in total. The van der Waals surface area contributed by atoms with Crippen molar-refractivity contribution in [2.45, 2.75) is 23.2 Å². The Morgan fingerprint density at radius 2 is 1.47 bits per heavy atom. The van der Waals surface area contributed by atoms with Crippen LogP contribution in [0, 0.1) is 5.92 Å². The minimum atomic E-state index is -4.51. The summed E-state index contributed by atoms with van der Waals surface area (Å²) >= 11 is 1.58. The quantitative estimate of drug-likeness (QED) is 0.363. The van der Waals surface area contributed by atoms with E-state index in [1.807, 2.05) is 60.9 Å². The zero-order valence-corrected chi connectivity index (χ0v) is 18.7. The number of thioether (sulfide) groups is 1. The van der Waals surface area contributed by atoms with Gasteiger partial charge in [-0.2, -0.15) is 13.2 Å². The molecule has 2 amide bonds. The highest BCUT2D eigenvalue weighted by Gasteiger charge is 2.60. The van der Waals surface area contributed by atoms with Crippen molar-refractivity contribution >= 4 is 35.0 Å². The van der Waals surface area contributed by atoms with Crippen LogP contribution in [0.5, 0.6) is 0 Å². The summed E-state index contributed by atoms with van der Waals surface area (Å²) in [7, 11) is 0. The Hall–Kier alpha value is -3.30. The van der Waals surface area contributed by atoms with E-state index in [0.717, 1.165) is 39.6 Å². The maximum atomic E-state index is 13.5. The monoisotopic (exact) mass is 484 g/mol. The number of amides is 2. The zero-order valence-electron chi connectivity index (χ0n) is 17.9. The van der Waals surface area contributed by atoms with Crippen molar-refractivity contribution in [1.82, 2.24) is 0 Å². The van der Waals surface area contributed by atoms with Crippen molar-refractivity contribution in [3.63, 3.8) is 0 Å². The number of alkyl halides is 3. The number of carbonyl (C=O) groups is 2. The third kappa shape index (κ3) is 3.74. The third-order valence-corrected chi connectivity index (χ3v) is 6.78. The Morgan fingerprint density at radius 1 is 0.824 bits per heavy atom. The molecule has 2 fully saturated rings. The van der Waals surface area contributed by atoms with Gasteiger partial charge in [-0.3, -0.25) is 14.4 Å². The molecule has 0 aliphatic carbocycles. The first kappa shape index (κ1) is 22.5. The summed E-state index contributed by atoms with van der Waals surface area (Å²) in [6, 6.07) is 20.2. The number of halogens is 3. The molecule has 0 spiro atoms.